The summed E-state index contributed by atoms with van der Waals surface area (Å²) in [6.45, 7) is 3.29. The molecule has 0 aromatic rings. The predicted octanol–water partition coefficient (Wildman–Crippen LogP) is 1.10. The molecule has 0 radical (unpaired) electrons. The summed E-state index contributed by atoms with van der Waals surface area (Å²) >= 11 is 0. The number of sulfonamides is 1. The van der Waals surface area contributed by atoms with Crippen LogP contribution in [0.2, 0.25) is 0 Å². The van der Waals surface area contributed by atoms with E-state index in [1.165, 1.54) is 19.3 Å². The first-order valence-electron chi connectivity index (χ1n) is 6.09. The molecule has 1 rings (SSSR count). The van der Waals surface area contributed by atoms with Crippen molar-refractivity contribution in [3.05, 3.63) is 0 Å². The van der Waals surface area contributed by atoms with Crippen LogP contribution >= 0.6 is 0 Å². The van der Waals surface area contributed by atoms with Crippen LogP contribution in [0.15, 0.2) is 0 Å². The lowest BCUT2D eigenvalue weighted by molar-refractivity contribution is 0.219. The highest BCUT2D eigenvalue weighted by Gasteiger charge is 2.28. The van der Waals surface area contributed by atoms with Crippen molar-refractivity contribution in [1.82, 2.24) is 10.0 Å². The molecule has 0 aromatic heterocycles. The van der Waals surface area contributed by atoms with Crippen LogP contribution in [0.4, 0.5) is 0 Å². The van der Waals surface area contributed by atoms with Gasteiger partial charge in [0, 0.05) is 13.1 Å². The van der Waals surface area contributed by atoms with Crippen molar-refractivity contribution in [1.29, 1.82) is 0 Å². The van der Waals surface area contributed by atoms with Crippen LogP contribution in [0.3, 0.4) is 0 Å². The van der Waals surface area contributed by atoms with E-state index in [2.05, 4.69) is 17.0 Å². The van der Waals surface area contributed by atoms with Gasteiger partial charge in [0.25, 0.3) is 0 Å². The Labute approximate surface area is 99.2 Å². The molecule has 5 heteroatoms. The SMILES string of the molecule is CNCCS(=O)(=O)NCC1(C)CCCCC1. The van der Waals surface area contributed by atoms with Gasteiger partial charge in [0.2, 0.25) is 10.0 Å². The largest absolute Gasteiger partial charge is 0.319 e. The van der Waals surface area contributed by atoms with Gasteiger partial charge in [0.1, 0.15) is 0 Å². The molecular formula is C11H24N2O2S. The van der Waals surface area contributed by atoms with Gasteiger partial charge in [-0.15, -0.1) is 0 Å². The van der Waals surface area contributed by atoms with Crippen LogP contribution in [0, 0.1) is 5.41 Å². The minimum Gasteiger partial charge on any atom is -0.319 e. The standard InChI is InChI=1S/C11H24N2O2S/c1-11(6-4-3-5-7-11)10-13-16(14,15)9-8-12-2/h12-13H,3-10H2,1-2H3. The van der Waals surface area contributed by atoms with Gasteiger partial charge in [-0.2, -0.15) is 0 Å². The lowest BCUT2D eigenvalue weighted by Crippen LogP contribution is -2.39. The molecule has 1 saturated carbocycles. The van der Waals surface area contributed by atoms with Crippen LogP contribution < -0.4 is 10.0 Å². The van der Waals surface area contributed by atoms with Crippen molar-refractivity contribution in [3.63, 3.8) is 0 Å². The van der Waals surface area contributed by atoms with Gasteiger partial charge < -0.3 is 5.32 Å². The van der Waals surface area contributed by atoms with E-state index >= 15 is 0 Å². The van der Waals surface area contributed by atoms with Gasteiger partial charge in [0.05, 0.1) is 5.75 Å². The molecule has 0 aromatic carbocycles. The summed E-state index contributed by atoms with van der Waals surface area (Å²) in [6, 6.07) is 0. The lowest BCUT2D eigenvalue weighted by atomic mass is 9.76. The molecule has 0 saturated heterocycles. The summed E-state index contributed by atoms with van der Waals surface area (Å²) < 4.78 is 26.0. The molecule has 0 heterocycles. The molecular weight excluding hydrogens is 224 g/mol. The minimum absolute atomic E-state index is 0.166. The maximum atomic E-state index is 11.6. The zero-order valence-electron chi connectivity index (χ0n) is 10.4. The zero-order valence-corrected chi connectivity index (χ0v) is 11.2. The Bertz CT molecular complexity index is 295. The van der Waals surface area contributed by atoms with Gasteiger partial charge >= 0.3 is 0 Å². The second-order valence-electron chi connectivity index (χ2n) is 5.11. The summed E-state index contributed by atoms with van der Waals surface area (Å²) in [5, 5.41) is 2.85. The fourth-order valence-electron chi connectivity index (χ4n) is 2.17. The van der Waals surface area contributed by atoms with Crippen molar-refractivity contribution in [2.24, 2.45) is 5.41 Å². The average molecular weight is 248 g/mol. The molecule has 1 aliphatic carbocycles. The number of hydrogen-bond acceptors (Lipinski definition) is 3. The lowest BCUT2D eigenvalue weighted by Gasteiger charge is -2.33. The van der Waals surface area contributed by atoms with E-state index in [0.29, 0.717) is 13.1 Å². The average Bonchev–Trinajstić information content (AvgIpc) is 2.25. The van der Waals surface area contributed by atoms with Gasteiger partial charge in [-0.3, -0.25) is 0 Å². The minimum atomic E-state index is -3.09. The van der Waals surface area contributed by atoms with Crippen molar-refractivity contribution < 1.29 is 8.42 Å². The van der Waals surface area contributed by atoms with Crippen molar-refractivity contribution in [3.8, 4) is 0 Å². The Morgan fingerprint density at radius 1 is 1.19 bits per heavy atom. The maximum Gasteiger partial charge on any atom is 0.212 e. The van der Waals surface area contributed by atoms with Crippen molar-refractivity contribution in [2.45, 2.75) is 39.0 Å². The summed E-state index contributed by atoms with van der Waals surface area (Å²) in [5.74, 6) is 0.166. The summed E-state index contributed by atoms with van der Waals surface area (Å²) in [4.78, 5) is 0. The molecule has 0 atom stereocenters. The second-order valence-corrected chi connectivity index (χ2v) is 7.04. The summed E-state index contributed by atoms with van der Waals surface area (Å²) in [7, 11) is -1.33. The van der Waals surface area contributed by atoms with E-state index in [1.54, 1.807) is 7.05 Å². The van der Waals surface area contributed by atoms with E-state index in [1.807, 2.05) is 0 Å². The van der Waals surface area contributed by atoms with Crippen LogP contribution in [0.1, 0.15) is 39.0 Å². The fraction of sp³-hybridized carbons (Fsp3) is 1.00. The van der Waals surface area contributed by atoms with Crippen LogP contribution in [-0.2, 0) is 10.0 Å². The van der Waals surface area contributed by atoms with Gasteiger partial charge in [-0.1, -0.05) is 26.2 Å². The smallest absolute Gasteiger partial charge is 0.212 e. The molecule has 0 spiro atoms. The molecule has 0 aliphatic heterocycles. The van der Waals surface area contributed by atoms with E-state index in [0.717, 1.165) is 12.8 Å². The molecule has 2 N–H and O–H groups in total. The second kappa shape index (κ2) is 5.98. The molecule has 0 amide bonds. The van der Waals surface area contributed by atoms with Gasteiger partial charge in [-0.25, -0.2) is 13.1 Å². The fourth-order valence-corrected chi connectivity index (χ4v) is 3.36. The van der Waals surface area contributed by atoms with Crippen LogP contribution in [0.5, 0.6) is 0 Å². The first-order chi connectivity index (χ1) is 7.47. The molecule has 1 aliphatic rings. The number of hydrogen-bond donors (Lipinski definition) is 2. The Morgan fingerprint density at radius 2 is 1.81 bits per heavy atom. The van der Waals surface area contributed by atoms with E-state index in [9.17, 15) is 8.42 Å². The van der Waals surface area contributed by atoms with E-state index in [-0.39, 0.29) is 11.2 Å². The van der Waals surface area contributed by atoms with Gasteiger partial charge in [-0.05, 0) is 25.3 Å². The quantitative estimate of drug-likeness (QED) is 0.740. The first-order valence-corrected chi connectivity index (χ1v) is 7.75. The molecule has 16 heavy (non-hydrogen) atoms. The zero-order chi connectivity index (χ0) is 12.1. The summed E-state index contributed by atoms with van der Waals surface area (Å²) in [5.41, 5.74) is 0.172. The number of nitrogens with one attached hydrogen (secondary N) is 2. The highest BCUT2D eigenvalue weighted by Crippen LogP contribution is 2.34. The van der Waals surface area contributed by atoms with Crippen LogP contribution in [-0.4, -0.2) is 34.3 Å². The highest BCUT2D eigenvalue weighted by molar-refractivity contribution is 7.89. The molecule has 0 unspecified atom stereocenters. The Kier molecular flexibility index (Phi) is 5.21. The van der Waals surface area contributed by atoms with Crippen molar-refractivity contribution in [2.75, 3.05) is 25.9 Å². The third kappa shape index (κ3) is 4.80. The van der Waals surface area contributed by atoms with E-state index in [4.69, 9.17) is 0 Å². The maximum absolute atomic E-state index is 11.6. The van der Waals surface area contributed by atoms with Gasteiger partial charge in [0.15, 0.2) is 0 Å². The van der Waals surface area contributed by atoms with Crippen LogP contribution in [0.25, 0.3) is 0 Å². The predicted molar refractivity (Wildman–Crippen MR) is 66.9 cm³/mol. The Balaban J connectivity index is 2.37. The van der Waals surface area contributed by atoms with Crippen molar-refractivity contribution >= 4 is 10.0 Å². The molecule has 4 nitrogen and oxygen atoms in total. The molecule has 0 bridgehead atoms. The third-order valence-electron chi connectivity index (χ3n) is 3.40. The first kappa shape index (κ1) is 13.9. The highest BCUT2D eigenvalue weighted by atomic mass is 32.2. The molecule has 96 valence electrons. The summed E-state index contributed by atoms with van der Waals surface area (Å²) in [6.07, 6.45) is 6.04. The van der Waals surface area contributed by atoms with E-state index < -0.39 is 10.0 Å². The Morgan fingerprint density at radius 3 is 2.38 bits per heavy atom. The molecule has 1 fully saturated rings. The normalized spacial score (nSPS) is 20.9. The Hall–Kier alpha value is -0.130. The monoisotopic (exact) mass is 248 g/mol. The topological polar surface area (TPSA) is 58.2 Å². The third-order valence-corrected chi connectivity index (χ3v) is 4.73. The number of rotatable bonds is 6.